The van der Waals surface area contributed by atoms with Crippen molar-refractivity contribution in [3.8, 4) is 0 Å². The lowest BCUT2D eigenvalue weighted by molar-refractivity contribution is 0.346. The van der Waals surface area contributed by atoms with E-state index in [0.717, 1.165) is 31.2 Å². The first-order chi connectivity index (χ1) is 12.0. The molecular formula is C18H30N4O2S. The van der Waals surface area contributed by atoms with Crippen LogP contribution in [-0.2, 0) is 16.6 Å². The van der Waals surface area contributed by atoms with Crippen molar-refractivity contribution in [2.24, 2.45) is 4.99 Å². The zero-order valence-electron chi connectivity index (χ0n) is 15.5. The highest BCUT2D eigenvalue weighted by molar-refractivity contribution is 7.89. The van der Waals surface area contributed by atoms with Crippen LogP contribution in [0.2, 0.25) is 0 Å². The lowest BCUT2D eigenvalue weighted by Gasteiger charge is -2.27. The molecule has 0 amide bonds. The molecule has 1 unspecified atom stereocenters. The molecule has 0 spiro atoms. The van der Waals surface area contributed by atoms with Crippen LogP contribution in [0.3, 0.4) is 0 Å². The van der Waals surface area contributed by atoms with E-state index >= 15 is 0 Å². The fraction of sp³-hybridized carbons (Fsp3) is 0.611. The molecule has 7 heteroatoms. The predicted molar refractivity (Wildman–Crippen MR) is 102 cm³/mol. The van der Waals surface area contributed by atoms with E-state index < -0.39 is 10.0 Å². The van der Waals surface area contributed by atoms with E-state index in [-0.39, 0.29) is 0 Å². The molecule has 0 saturated carbocycles. The van der Waals surface area contributed by atoms with E-state index in [1.807, 2.05) is 12.1 Å². The van der Waals surface area contributed by atoms with Crippen LogP contribution in [0.4, 0.5) is 0 Å². The minimum absolute atomic E-state index is 0.304. The predicted octanol–water partition coefficient (Wildman–Crippen LogP) is 2.32. The van der Waals surface area contributed by atoms with Crippen LogP contribution in [0, 0.1) is 0 Å². The van der Waals surface area contributed by atoms with Gasteiger partial charge in [-0.05, 0) is 37.8 Å². The van der Waals surface area contributed by atoms with Gasteiger partial charge in [-0.3, -0.25) is 4.99 Å². The van der Waals surface area contributed by atoms with Crippen LogP contribution >= 0.6 is 0 Å². The standard InChI is InChI=1S/C18H30N4O2S/c1-4-15(2)21-18(19-3)20-14-16-10-6-7-11-17(16)25(23,24)22-12-8-5-9-13-22/h6-7,10-11,15H,4-5,8-9,12-14H2,1-3H3,(H2,19,20,21). The quantitative estimate of drug-likeness (QED) is 0.599. The zero-order valence-corrected chi connectivity index (χ0v) is 16.3. The number of guanidine groups is 1. The van der Waals surface area contributed by atoms with Gasteiger partial charge in [0.05, 0.1) is 4.90 Å². The Morgan fingerprint density at radius 3 is 2.56 bits per heavy atom. The highest BCUT2D eigenvalue weighted by Crippen LogP contribution is 2.23. The highest BCUT2D eigenvalue weighted by Gasteiger charge is 2.27. The number of nitrogens with zero attached hydrogens (tertiary/aromatic N) is 2. The molecule has 140 valence electrons. The van der Waals surface area contributed by atoms with Gasteiger partial charge in [0.15, 0.2) is 5.96 Å². The summed E-state index contributed by atoms with van der Waals surface area (Å²) in [4.78, 5) is 4.60. The number of hydrogen-bond donors (Lipinski definition) is 2. The zero-order chi connectivity index (χ0) is 18.3. The topological polar surface area (TPSA) is 73.8 Å². The van der Waals surface area contributed by atoms with Gasteiger partial charge >= 0.3 is 0 Å². The van der Waals surface area contributed by atoms with Gasteiger partial charge in [0.25, 0.3) is 0 Å². The molecule has 6 nitrogen and oxygen atoms in total. The molecule has 0 radical (unpaired) electrons. The first-order valence-corrected chi connectivity index (χ1v) is 10.5. The van der Waals surface area contributed by atoms with Gasteiger partial charge in [0, 0.05) is 32.7 Å². The van der Waals surface area contributed by atoms with E-state index in [9.17, 15) is 8.42 Å². The Bertz CT molecular complexity index is 682. The molecule has 1 atom stereocenters. The van der Waals surface area contributed by atoms with Crippen molar-refractivity contribution >= 4 is 16.0 Å². The lowest BCUT2D eigenvalue weighted by Crippen LogP contribution is -2.42. The highest BCUT2D eigenvalue weighted by atomic mass is 32.2. The van der Waals surface area contributed by atoms with Crippen LogP contribution < -0.4 is 10.6 Å². The summed E-state index contributed by atoms with van der Waals surface area (Å²) in [5.41, 5.74) is 0.764. The van der Waals surface area contributed by atoms with Crippen molar-refractivity contribution in [1.82, 2.24) is 14.9 Å². The average Bonchev–Trinajstić information content (AvgIpc) is 2.65. The van der Waals surface area contributed by atoms with Gasteiger partial charge in [-0.2, -0.15) is 4.31 Å². The van der Waals surface area contributed by atoms with Crippen molar-refractivity contribution < 1.29 is 8.42 Å². The Balaban J connectivity index is 2.15. The Morgan fingerprint density at radius 1 is 1.24 bits per heavy atom. The van der Waals surface area contributed by atoms with Crippen LogP contribution in [0.1, 0.15) is 45.1 Å². The second-order valence-corrected chi connectivity index (χ2v) is 8.36. The van der Waals surface area contributed by atoms with Gasteiger partial charge in [0.2, 0.25) is 10.0 Å². The summed E-state index contributed by atoms with van der Waals surface area (Å²) >= 11 is 0. The third-order valence-corrected chi connectivity index (χ3v) is 6.57. The molecule has 25 heavy (non-hydrogen) atoms. The number of piperidine rings is 1. The largest absolute Gasteiger partial charge is 0.354 e. The second kappa shape index (κ2) is 9.20. The molecule has 2 N–H and O–H groups in total. The maximum absolute atomic E-state index is 13.0. The van der Waals surface area contributed by atoms with E-state index in [1.165, 1.54) is 0 Å². The third kappa shape index (κ3) is 5.19. The Labute approximate surface area is 151 Å². The summed E-state index contributed by atoms with van der Waals surface area (Å²) in [5, 5.41) is 6.51. The minimum Gasteiger partial charge on any atom is -0.354 e. The van der Waals surface area contributed by atoms with Crippen LogP contribution in [0.15, 0.2) is 34.2 Å². The normalized spacial score (nSPS) is 18.0. The summed E-state index contributed by atoms with van der Waals surface area (Å²) in [5.74, 6) is 0.680. The van der Waals surface area contributed by atoms with Crippen molar-refractivity contribution in [3.63, 3.8) is 0 Å². The summed E-state index contributed by atoms with van der Waals surface area (Å²) < 4.78 is 27.6. The maximum Gasteiger partial charge on any atom is 0.243 e. The molecule has 0 aromatic heterocycles. The van der Waals surface area contributed by atoms with E-state index in [2.05, 4.69) is 29.5 Å². The first-order valence-electron chi connectivity index (χ1n) is 9.04. The van der Waals surface area contributed by atoms with Gasteiger partial charge in [-0.25, -0.2) is 8.42 Å². The van der Waals surface area contributed by atoms with Crippen molar-refractivity contribution in [1.29, 1.82) is 0 Å². The minimum atomic E-state index is -3.44. The molecule has 1 aromatic rings. The molecule has 0 bridgehead atoms. The number of rotatable bonds is 6. The first kappa shape index (κ1) is 19.7. The van der Waals surface area contributed by atoms with Crippen LogP contribution in [0.5, 0.6) is 0 Å². The van der Waals surface area contributed by atoms with Crippen LogP contribution in [-0.4, -0.2) is 44.9 Å². The molecule has 1 aliphatic heterocycles. The monoisotopic (exact) mass is 366 g/mol. The Kier molecular flexibility index (Phi) is 7.25. The molecule has 1 saturated heterocycles. The summed E-state index contributed by atoms with van der Waals surface area (Å²) in [6.07, 6.45) is 3.96. The summed E-state index contributed by atoms with van der Waals surface area (Å²) in [6, 6.07) is 7.52. The number of benzene rings is 1. The maximum atomic E-state index is 13.0. The summed E-state index contributed by atoms with van der Waals surface area (Å²) in [7, 11) is -1.73. The molecule has 1 aromatic carbocycles. The molecular weight excluding hydrogens is 336 g/mol. The Morgan fingerprint density at radius 2 is 1.92 bits per heavy atom. The molecule has 0 aliphatic carbocycles. The average molecular weight is 367 g/mol. The smallest absolute Gasteiger partial charge is 0.243 e. The van der Waals surface area contributed by atoms with Crippen molar-refractivity contribution in [2.45, 2.75) is 57.0 Å². The van der Waals surface area contributed by atoms with Gasteiger partial charge in [-0.15, -0.1) is 0 Å². The molecule has 1 fully saturated rings. The van der Waals surface area contributed by atoms with Crippen molar-refractivity contribution in [2.75, 3.05) is 20.1 Å². The van der Waals surface area contributed by atoms with Crippen molar-refractivity contribution in [3.05, 3.63) is 29.8 Å². The third-order valence-electron chi connectivity index (χ3n) is 4.57. The van der Waals surface area contributed by atoms with E-state index in [1.54, 1.807) is 23.5 Å². The summed E-state index contributed by atoms with van der Waals surface area (Å²) in [6.45, 7) is 5.83. The Hall–Kier alpha value is -1.60. The molecule has 1 heterocycles. The number of nitrogens with one attached hydrogen (secondary N) is 2. The van der Waals surface area contributed by atoms with Gasteiger partial charge < -0.3 is 10.6 Å². The van der Waals surface area contributed by atoms with E-state index in [4.69, 9.17) is 0 Å². The number of hydrogen-bond acceptors (Lipinski definition) is 3. The van der Waals surface area contributed by atoms with E-state index in [0.29, 0.717) is 36.5 Å². The fourth-order valence-corrected chi connectivity index (χ4v) is 4.59. The van der Waals surface area contributed by atoms with Crippen LogP contribution in [0.25, 0.3) is 0 Å². The van der Waals surface area contributed by atoms with Gasteiger partial charge in [-0.1, -0.05) is 31.5 Å². The lowest BCUT2D eigenvalue weighted by atomic mass is 10.2. The number of sulfonamides is 1. The SMILES string of the molecule is CCC(C)NC(=NC)NCc1ccccc1S(=O)(=O)N1CCCCC1. The molecule has 1 aliphatic rings. The molecule has 2 rings (SSSR count). The second-order valence-electron chi connectivity index (χ2n) is 6.45. The number of aliphatic imine (C=N–C) groups is 1. The fourth-order valence-electron chi connectivity index (χ4n) is 2.85. The van der Waals surface area contributed by atoms with Gasteiger partial charge in [0.1, 0.15) is 0 Å².